The molecular weight excluding hydrogens is 200 g/mol. The van der Waals surface area contributed by atoms with Crippen LogP contribution in [0.25, 0.3) is 0 Å². The van der Waals surface area contributed by atoms with Gasteiger partial charge < -0.3 is 15.4 Å². The average Bonchev–Trinajstić information content (AvgIpc) is 2.46. The van der Waals surface area contributed by atoms with E-state index in [0.717, 1.165) is 17.8 Å². The molecule has 0 saturated heterocycles. The van der Waals surface area contributed by atoms with E-state index in [1.54, 1.807) is 6.92 Å². The van der Waals surface area contributed by atoms with E-state index < -0.39 is 5.60 Å². The highest BCUT2D eigenvalue weighted by atomic mass is 16.3. The van der Waals surface area contributed by atoms with E-state index in [9.17, 15) is 5.11 Å². The highest BCUT2D eigenvalue weighted by molar-refractivity contribution is 5.32. The SMILES string of the molecule is Cc1cc(C(C)(O)CN)c(C)n1CC(C)C. The lowest BCUT2D eigenvalue weighted by molar-refractivity contribution is 0.0660. The van der Waals surface area contributed by atoms with E-state index in [2.05, 4.69) is 32.3 Å². The summed E-state index contributed by atoms with van der Waals surface area (Å²) < 4.78 is 2.25. The van der Waals surface area contributed by atoms with Gasteiger partial charge in [0.25, 0.3) is 0 Å². The van der Waals surface area contributed by atoms with Crippen molar-refractivity contribution in [2.75, 3.05) is 6.54 Å². The van der Waals surface area contributed by atoms with E-state index in [1.165, 1.54) is 5.69 Å². The average molecular weight is 224 g/mol. The standard InChI is InChI=1S/C13H24N2O/c1-9(2)7-15-10(3)6-12(11(15)4)13(5,16)8-14/h6,9,16H,7-8,14H2,1-5H3. The normalized spacial score (nSPS) is 15.5. The Kier molecular flexibility index (Phi) is 3.81. The van der Waals surface area contributed by atoms with Crippen LogP contribution in [-0.2, 0) is 12.1 Å². The minimum atomic E-state index is -0.920. The second-order valence-corrected chi connectivity index (χ2v) is 5.27. The third-order valence-electron chi connectivity index (χ3n) is 3.10. The summed E-state index contributed by atoms with van der Waals surface area (Å²) in [5.41, 5.74) is 7.96. The maximum absolute atomic E-state index is 10.2. The Morgan fingerprint density at radius 2 is 2.00 bits per heavy atom. The van der Waals surface area contributed by atoms with Crippen molar-refractivity contribution in [3.8, 4) is 0 Å². The van der Waals surface area contributed by atoms with Crippen molar-refractivity contribution in [2.24, 2.45) is 11.7 Å². The fourth-order valence-corrected chi connectivity index (χ4v) is 2.10. The summed E-state index contributed by atoms with van der Waals surface area (Å²) in [5.74, 6) is 0.598. The van der Waals surface area contributed by atoms with Gasteiger partial charge in [0.15, 0.2) is 0 Å². The van der Waals surface area contributed by atoms with Crippen LogP contribution in [0.4, 0.5) is 0 Å². The molecule has 92 valence electrons. The first kappa shape index (κ1) is 13.3. The smallest absolute Gasteiger partial charge is 0.101 e. The molecule has 3 N–H and O–H groups in total. The molecule has 0 saturated carbocycles. The molecule has 0 aliphatic carbocycles. The van der Waals surface area contributed by atoms with E-state index in [1.807, 2.05) is 6.07 Å². The van der Waals surface area contributed by atoms with Crippen LogP contribution in [0.5, 0.6) is 0 Å². The largest absolute Gasteiger partial charge is 0.384 e. The minimum absolute atomic E-state index is 0.249. The lowest BCUT2D eigenvalue weighted by Crippen LogP contribution is -2.31. The second kappa shape index (κ2) is 4.60. The Hall–Kier alpha value is -0.800. The fraction of sp³-hybridized carbons (Fsp3) is 0.692. The Morgan fingerprint density at radius 3 is 2.44 bits per heavy atom. The Morgan fingerprint density at radius 1 is 1.44 bits per heavy atom. The predicted octanol–water partition coefficient (Wildman–Crippen LogP) is 1.93. The number of hydrogen-bond acceptors (Lipinski definition) is 2. The van der Waals surface area contributed by atoms with Crippen LogP contribution in [-0.4, -0.2) is 16.2 Å². The van der Waals surface area contributed by atoms with Gasteiger partial charge in [0, 0.05) is 30.0 Å². The molecule has 16 heavy (non-hydrogen) atoms. The molecule has 0 aromatic carbocycles. The summed E-state index contributed by atoms with van der Waals surface area (Å²) in [6, 6.07) is 2.05. The molecule has 1 atom stereocenters. The number of aliphatic hydroxyl groups is 1. The van der Waals surface area contributed by atoms with Crippen molar-refractivity contribution >= 4 is 0 Å². The van der Waals surface area contributed by atoms with Crippen molar-refractivity contribution in [2.45, 2.75) is 46.8 Å². The summed E-state index contributed by atoms with van der Waals surface area (Å²) in [5, 5.41) is 10.2. The molecule has 0 aliphatic heterocycles. The summed E-state index contributed by atoms with van der Waals surface area (Å²) >= 11 is 0. The van der Waals surface area contributed by atoms with E-state index >= 15 is 0 Å². The molecule has 1 heterocycles. The first-order valence-electron chi connectivity index (χ1n) is 5.89. The van der Waals surface area contributed by atoms with Gasteiger partial charge >= 0.3 is 0 Å². The monoisotopic (exact) mass is 224 g/mol. The number of aromatic nitrogens is 1. The summed E-state index contributed by atoms with van der Waals surface area (Å²) in [7, 11) is 0. The molecule has 0 fully saturated rings. The van der Waals surface area contributed by atoms with Crippen LogP contribution in [0.3, 0.4) is 0 Å². The topological polar surface area (TPSA) is 51.2 Å². The molecule has 0 spiro atoms. The molecule has 1 unspecified atom stereocenters. The van der Waals surface area contributed by atoms with Crippen molar-refractivity contribution in [3.63, 3.8) is 0 Å². The van der Waals surface area contributed by atoms with Gasteiger partial charge in [0.1, 0.15) is 5.60 Å². The van der Waals surface area contributed by atoms with Crippen LogP contribution >= 0.6 is 0 Å². The zero-order valence-corrected chi connectivity index (χ0v) is 11.0. The number of nitrogens with zero attached hydrogens (tertiary/aromatic N) is 1. The van der Waals surface area contributed by atoms with Gasteiger partial charge in [0.05, 0.1) is 0 Å². The van der Waals surface area contributed by atoms with Gasteiger partial charge in [-0.2, -0.15) is 0 Å². The molecule has 1 aromatic rings. The minimum Gasteiger partial charge on any atom is -0.384 e. The summed E-state index contributed by atoms with van der Waals surface area (Å²) in [6.07, 6.45) is 0. The number of nitrogens with two attached hydrogens (primary N) is 1. The van der Waals surface area contributed by atoms with Gasteiger partial charge in [-0.1, -0.05) is 13.8 Å². The molecule has 0 amide bonds. The maximum Gasteiger partial charge on any atom is 0.101 e. The van der Waals surface area contributed by atoms with Gasteiger partial charge in [-0.05, 0) is 32.8 Å². The third-order valence-corrected chi connectivity index (χ3v) is 3.10. The first-order valence-corrected chi connectivity index (χ1v) is 5.89. The van der Waals surface area contributed by atoms with Crippen LogP contribution in [0, 0.1) is 19.8 Å². The van der Waals surface area contributed by atoms with Gasteiger partial charge in [-0.25, -0.2) is 0 Å². The van der Waals surface area contributed by atoms with Crippen LogP contribution in [0.15, 0.2) is 6.07 Å². The van der Waals surface area contributed by atoms with Crippen molar-refractivity contribution in [1.82, 2.24) is 4.57 Å². The van der Waals surface area contributed by atoms with Crippen LogP contribution in [0.2, 0.25) is 0 Å². The lowest BCUT2D eigenvalue weighted by atomic mass is 9.96. The molecule has 1 aromatic heterocycles. The molecule has 0 bridgehead atoms. The molecular formula is C13H24N2O. The Bertz CT molecular complexity index is 364. The Labute approximate surface area is 98.3 Å². The highest BCUT2D eigenvalue weighted by Crippen LogP contribution is 2.26. The molecule has 0 aliphatic rings. The van der Waals surface area contributed by atoms with Crippen molar-refractivity contribution in [1.29, 1.82) is 0 Å². The summed E-state index contributed by atoms with van der Waals surface area (Å²) in [4.78, 5) is 0. The zero-order chi connectivity index (χ0) is 12.5. The van der Waals surface area contributed by atoms with Crippen molar-refractivity contribution in [3.05, 3.63) is 23.0 Å². The van der Waals surface area contributed by atoms with E-state index in [0.29, 0.717) is 5.92 Å². The van der Waals surface area contributed by atoms with Crippen LogP contribution in [0.1, 0.15) is 37.7 Å². The number of aryl methyl sites for hydroxylation is 1. The highest BCUT2D eigenvalue weighted by Gasteiger charge is 2.26. The van der Waals surface area contributed by atoms with E-state index in [-0.39, 0.29) is 6.54 Å². The van der Waals surface area contributed by atoms with Crippen molar-refractivity contribution < 1.29 is 5.11 Å². The number of hydrogen-bond donors (Lipinski definition) is 2. The summed E-state index contributed by atoms with van der Waals surface area (Å²) in [6.45, 7) is 11.5. The predicted molar refractivity (Wildman–Crippen MR) is 67.4 cm³/mol. The van der Waals surface area contributed by atoms with Gasteiger partial charge in [-0.3, -0.25) is 0 Å². The van der Waals surface area contributed by atoms with E-state index in [4.69, 9.17) is 5.73 Å². The first-order chi connectivity index (χ1) is 7.29. The fourth-order valence-electron chi connectivity index (χ4n) is 2.10. The maximum atomic E-state index is 10.2. The number of rotatable bonds is 4. The zero-order valence-electron chi connectivity index (χ0n) is 11.0. The van der Waals surface area contributed by atoms with Gasteiger partial charge in [0.2, 0.25) is 0 Å². The Balaban J connectivity index is 3.16. The van der Waals surface area contributed by atoms with Gasteiger partial charge in [-0.15, -0.1) is 0 Å². The lowest BCUT2D eigenvalue weighted by Gasteiger charge is -2.22. The third kappa shape index (κ3) is 2.47. The quantitative estimate of drug-likeness (QED) is 0.821. The molecule has 3 heteroatoms. The molecule has 0 radical (unpaired) electrons. The molecule has 1 rings (SSSR count). The van der Waals surface area contributed by atoms with Crippen LogP contribution < -0.4 is 5.73 Å². The second-order valence-electron chi connectivity index (χ2n) is 5.27. The molecule has 3 nitrogen and oxygen atoms in total.